The summed E-state index contributed by atoms with van der Waals surface area (Å²) in [6.45, 7) is 4.47. The number of methoxy groups -OCH3 is 3. The van der Waals surface area contributed by atoms with Crippen LogP contribution in [0.3, 0.4) is 0 Å². The summed E-state index contributed by atoms with van der Waals surface area (Å²) in [5, 5.41) is 0.805. The molecule has 32 heteroatoms. The molecule has 0 unspecified atom stereocenters. The van der Waals surface area contributed by atoms with E-state index in [2.05, 4.69) is 122 Å². The summed E-state index contributed by atoms with van der Waals surface area (Å²) >= 11 is 10.5. The van der Waals surface area contributed by atoms with E-state index in [1.807, 2.05) is 69.8 Å². The molecule has 12 aromatic rings. The summed E-state index contributed by atoms with van der Waals surface area (Å²) in [5.74, 6) is 0.658. The Kier molecular flexibility index (Phi) is 26.0. The number of H-pyrrole nitrogens is 2. The highest BCUT2D eigenvalue weighted by atomic mass is 79.9. The molecule has 0 spiro atoms. The third kappa shape index (κ3) is 19.3. The average Bonchev–Trinajstić information content (AvgIpc) is 1.66. The molecule has 0 fully saturated rings. The first-order chi connectivity index (χ1) is 45.6. The summed E-state index contributed by atoms with van der Waals surface area (Å²) in [7, 11) is 4.76. The van der Waals surface area contributed by atoms with Gasteiger partial charge in [0.05, 0.1) is 52.5 Å². The Morgan fingerprint density at radius 2 is 0.842 bits per heavy atom. The molecule has 0 aliphatic rings. The number of rotatable bonds is 23. The fourth-order valence-electron chi connectivity index (χ4n) is 9.21. The molecule has 0 amide bonds. The van der Waals surface area contributed by atoms with Gasteiger partial charge in [0, 0.05) is 63.4 Å². The molecule has 3 aromatic carbocycles. The lowest BCUT2D eigenvalue weighted by Crippen LogP contribution is -2.19. The number of fused-ring (bicyclic) bond motifs is 3. The number of nitrogens with zero attached hydrogens (tertiary/aromatic N) is 13. The van der Waals surface area contributed by atoms with Gasteiger partial charge in [-0.3, -0.25) is 28.1 Å². The number of aromatic amines is 2. The van der Waals surface area contributed by atoms with Crippen LogP contribution in [0.5, 0.6) is 18.0 Å². The van der Waals surface area contributed by atoms with E-state index in [1.54, 1.807) is 79.4 Å². The Morgan fingerprint density at radius 1 is 0.442 bits per heavy atom. The molecule has 496 valence electrons. The predicted molar refractivity (Wildman–Crippen MR) is 369 cm³/mol. The monoisotopic (exact) mass is 1490 g/mol. The molecular weight excluding hydrogens is 1420 g/mol. The Bertz CT molecular complexity index is 4750. The van der Waals surface area contributed by atoms with E-state index in [1.165, 1.54) is 22.3 Å². The van der Waals surface area contributed by atoms with Gasteiger partial charge in [-0.05, 0) is 83.4 Å². The number of hydrogen-bond acceptors (Lipinski definition) is 21. The topological polar surface area (TPSA) is 393 Å². The first-order valence-electron chi connectivity index (χ1n) is 28.9. The van der Waals surface area contributed by atoms with E-state index >= 15 is 0 Å². The number of ether oxygens (including phenoxy) is 6. The largest absolute Gasteiger partial charge is 0.461 e. The van der Waals surface area contributed by atoms with Crippen LogP contribution in [0.25, 0.3) is 33.5 Å². The van der Waals surface area contributed by atoms with Crippen LogP contribution in [0.4, 0.5) is 17.5 Å². The van der Waals surface area contributed by atoms with Crippen molar-refractivity contribution < 1.29 is 33.9 Å². The van der Waals surface area contributed by atoms with Crippen LogP contribution < -0.4 is 53.8 Å². The van der Waals surface area contributed by atoms with Gasteiger partial charge in [-0.2, -0.15) is 29.9 Å². The first-order valence-corrected chi connectivity index (χ1v) is 31.6. The second-order valence-electron chi connectivity index (χ2n) is 20.3. The van der Waals surface area contributed by atoms with E-state index in [0.29, 0.717) is 102 Å². The number of halogens is 3. The van der Waals surface area contributed by atoms with E-state index in [9.17, 15) is 19.2 Å². The first kappa shape index (κ1) is 70.9. The van der Waals surface area contributed by atoms with Crippen LogP contribution in [0, 0.1) is 0 Å². The highest BCUT2D eigenvalue weighted by molar-refractivity contribution is 9.10. The molecule has 29 nitrogen and oxygen atoms in total. The van der Waals surface area contributed by atoms with Crippen molar-refractivity contribution in [1.29, 1.82) is 0 Å². The van der Waals surface area contributed by atoms with E-state index in [4.69, 9.17) is 45.6 Å². The van der Waals surface area contributed by atoms with Crippen molar-refractivity contribution in [3.63, 3.8) is 0 Å². The molecular formula is C63H67Br3N18O11. The van der Waals surface area contributed by atoms with Gasteiger partial charge in [0.2, 0.25) is 5.56 Å². The van der Waals surface area contributed by atoms with E-state index in [-0.39, 0.29) is 76.5 Å². The van der Waals surface area contributed by atoms with Gasteiger partial charge in [0.1, 0.15) is 25.3 Å². The molecule has 95 heavy (non-hydrogen) atoms. The van der Waals surface area contributed by atoms with Crippen molar-refractivity contribution in [1.82, 2.24) is 72.7 Å². The standard InChI is InChI=1S/C21H21BrN6O3.C21H22N6O4.C16H17Br2N5O2.C5H5NO.H2O/c1-30-9-10-31-21-25-18(23)17-19(26-21)28(20(22)24-17)13-15-6-4-5-14(11-15)12-27-8-3-2-7-16(27)29;1-30-9-10-31-20-24-18(22)17-19(25-20)27(21(29)23-17)13-15-6-4-5-14(11-15)12-26-8-3-2-7-16(26)28;1-24-5-6-25-16-21-13(19)12-14(22-16)23(15(18)20-12)9-11-4-2-3-10(7-11)8-17;7-5-3-1-2-4-6-5;/h2-8,11H,9-10,12-13H2,1H3,(H2,23,25,26);2-8,11H,9-10,12-13H2,1H3,(H,23,29)(H2,22,24,25);2-4,7H,5-6,8-9H2,1H3,(H2,19,21,22);1-4H,(H,6,7);1H2. The molecule has 0 aliphatic heterocycles. The van der Waals surface area contributed by atoms with Gasteiger partial charge in [0.15, 0.2) is 54.9 Å². The highest BCUT2D eigenvalue weighted by Gasteiger charge is 2.20. The molecule has 0 aliphatic carbocycles. The summed E-state index contributed by atoms with van der Waals surface area (Å²) in [5.41, 5.74) is 26.7. The van der Waals surface area contributed by atoms with Crippen molar-refractivity contribution in [2.45, 2.75) is 38.1 Å². The minimum atomic E-state index is -0.352. The van der Waals surface area contributed by atoms with Crippen molar-refractivity contribution in [3.8, 4) is 18.0 Å². The molecule has 0 radical (unpaired) electrons. The number of alkyl halides is 1. The van der Waals surface area contributed by atoms with Crippen LogP contribution in [0.1, 0.15) is 33.4 Å². The molecule has 9 heterocycles. The summed E-state index contributed by atoms with van der Waals surface area (Å²) < 4.78 is 41.2. The Hall–Kier alpha value is -9.96. The van der Waals surface area contributed by atoms with Crippen LogP contribution >= 0.6 is 47.8 Å². The van der Waals surface area contributed by atoms with Crippen molar-refractivity contribution in [2.24, 2.45) is 0 Å². The van der Waals surface area contributed by atoms with Crippen LogP contribution in [0.15, 0.2) is 175 Å². The normalized spacial score (nSPS) is 10.8. The quantitative estimate of drug-likeness (QED) is 0.0273. The molecule has 10 N–H and O–H groups in total. The third-order valence-electron chi connectivity index (χ3n) is 13.6. The predicted octanol–water partition coefficient (Wildman–Crippen LogP) is 6.13. The van der Waals surface area contributed by atoms with Crippen molar-refractivity contribution >= 4 is 98.7 Å². The Labute approximate surface area is 566 Å². The number of hydrogen-bond donors (Lipinski definition) is 5. The Morgan fingerprint density at radius 3 is 1.24 bits per heavy atom. The number of anilines is 3. The van der Waals surface area contributed by atoms with E-state index in [0.717, 1.165) is 33.1 Å². The minimum Gasteiger partial charge on any atom is -0.461 e. The van der Waals surface area contributed by atoms with Gasteiger partial charge in [-0.25, -0.2) is 14.8 Å². The molecule has 0 saturated carbocycles. The fourth-order valence-corrected chi connectivity index (χ4v) is 10.5. The van der Waals surface area contributed by atoms with E-state index < -0.39 is 0 Å². The lowest BCUT2D eigenvalue weighted by Gasteiger charge is -2.10. The number of pyridine rings is 3. The number of benzene rings is 3. The Balaban J connectivity index is 0.000000173. The van der Waals surface area contributed by atoms with Crippen LogP contribution in [-0.4, -0.2) is 139 Å². The summed E-state index contributed by atoms with van der Waals surface area (Å²) in [4.78, 5) is 86.5. The minimum absolute atomic E-state index is 0. The number of nitrogens with one attached hydrogen (secondary N) is 2. The van der Waals surface area contributed by atoms with Gasteiger partial charge in [-0.1, -0.05) is 107 Å². The molecule has 0 atom stereocenters. The SMILES string of the molecule is COCCOc1nc(N)c2[nH]c(=O)n(Cc3cccc(Cn4ccccc4=O)c3)c2n1.COCCOc1nc(N)c2nc(Br)n(Cc3cccc(CBr)c3)c2n1.COCCOc1nc(N)c2nc(Br)n(Cc3cccc(Cn4ccccc4=O)c3)c2n1.O.O=c1cccc[nH]1. The second-order valence-corrected chi connectivity index (χ2v) is 22.3. The zero-order valence-electron chi connectivity index (χ0n) is 51.6. The van der Waals surface area contributed by atoms with Gasteiger partial charge in [-0.15, -0.1) is 0 Å². The zero-order chi connectivity index (χ0) is 66.5. The fraction of sp³-hybridized carbons (Fsp3) is 0.238. The molecule has 12 rings (SSSR count). The van der Waals surface area contributed by atoms with Crippen LogP contribution in [0.2, 0.25) is 0 Å². The average molecular weight is 1490 g/mol. The summed E-state index contributed by atoms with van der Waals surface area (Å²) in [6.07, 6.45) is 5.12. The van der Waals surface area contributed by atoms with Crippen LogP contribution in [-0.2, 0) is 52.3 Å². The zero-order valence-corrected chi connectivity index (χ0v) is 56.4. The molecule has 0 saturated heterocycles. The third-order valence-corrected chi connectivity index (χ3v) is 15.5. The lowest BCUT2D eigenvalue weighted by molar-refractivity contribution is 0.141. The number of nitrogen functional groups attached to an aromatic ring is 3. The van der Waals surface area contributed by atoms with Gasteiger partial charge < -0.3 is 70.2 Å². The molecule has 0 bridgehead atoms. The molecule has 9 aromatic heterocycles. The second kappa shape index (κ2) is 34.8. The number of aromatic nitrogens is 15. The van der Waals surface area contributed by atoms with Gasteiger partial charge >= 0.3 is 23.7 Å². The lowest BCUT2D eigenvalue weighted by atomic mass is 10.1. The van der Waals surface area contributed by atoms with Crippen molar-refractivity contribution in [3.05, 3.63) is 230 Å². The van der Waals surface area contributed by atoms with Crippen molar-refractivity contribution in [2.75, 3.05) is 78.2 Å². The summed E-state index contributed by atoms with van der Waals surface area (Å²) in [6, 6.07) is 39.6. The maximum absolute atomic E-state index is 12.6. The number of nitrogens with two attached hydrogens (primary N) is 3. The van der Waals surface area contributed by atoms with Gasteiger partial charge in [0.25, 0.3) is 11.1 Å². The maximum atomic E-state index is 12.6. The maximum Gasteiger partial charge on any atom is 0.328 e. The number of imidazole rings is 3. The smallest absolute Gasteiger partial charge is 0.328 e. The highest BCUT2D eigenvalue weighted by Crippen LogP contribution is 2.28.